The van der Waals surface area contributed by atoms with Crippen LogP contribution in [-0.2, 0) is 0 Å². The van der Waals surface area contributed by atoms with Crippen molar-refractivity contribution in [2.75, 3.05) is 20.2 Å². The van der Waals surface area contributed by atoms with Gasteiger partial charge in [-0.25, -0.2) is 4.39 Å². The summed E-state index contributed by atoms with van der Waals surface area (Å²) < 4.78 is 19.1. The number of ether oxygens (including phenoxy) is 1. The molecule has 0 saturated heterocycles. The molecule has 0 aliphatic carbocycles. The predicted molar refractivity (Wildman–Crippen MR) is 91.0 cm³/mol. The van der Waals surface area contributed by atoms with Gasteiger partial charge in [-0.2, -0.15) is 0 Å². The minimum absolute atomic E-state index is 0.177. The van der Waals surface area contributed by atoms with E-state index in [0.717, 1.165) is 0 Å². The molecule has 0 spiro atoms. The minimum atomic E-state index is -0.463. The van der Waals surface area contributed by atoms with Crippen LogP contribution in [0.2, 0.25) is 5.15 Å². The highest BCUT2D eigenvalue weighted by molar-refractivity contribution is 6.30. The first-order valence-electron chi connectivity index (χ1n) is 7.60. The summed E-state index contributed by atoms with van der Waals surface area (Å²) in [5.74, 6) is -0.462. The van der Waals surface area contributed by atoms with E-state index in [1.54, 1.807) is 11.8 Å². The molecule has 2 aromatic rings. The van der Waals surface area contributed by atoms with Crippen molar-refractivity contribution >= 4 is 17.5 Å². The molecular weight excluding hydrogens is 333 g/mol. The van der Waals surface area contributed by atoms with Crippen LogP contribution in [0.3, 0.4) is 0 Å². The van der Waals surface area contributed by atoms with Gasteiger partial charge in [-0.05, 0) is 39.0 Å². The van der Waals surface area contributed by atoms with Gasteiger partial charge in [0.15, 0.2) is 5.15 Å². The van der Waals surface area contributed by atoms with Crippen molar-refractivity contribution in [2.45, 2.75) is 20.8 Å². The number of halogens is 2. The molecule has 7 heteroatoms. The maximum atomic E-state index is 13.9. The van der Waals surface area contributed by atoms with Crippen molar-refractivity contribution < 1.29 is 13.9 Å². The van der Waals surface area contributed by atoms with Gasteiger partial charge in [0, 0.05) is 29.8 Å². The van der Waals surface area contributed by atoms with E-state index in [1.807, 2.05) is 13.8 Å². The van der Waals surface area contributed by atoms with Crippen molar-refractivity contribution in [3.8, 4) is 17.0 Å². The quantitative estimate of drug-likeness (QED) is 0.823. The molecule has 128 valence electrons. The standard InChI is InChI=1S/C17H19ClFN3O2/c1-5-22(6-2)17(23)12-8-7-11(19)9-13(12)14-10(3)15(18)20-21-16(14)24-4/h7-9H,5-6H2,1-4H3. The van der Waals surface area contributed by atoms with Crippen molar-refractivity contribution in [2.24, 2.45) is 0 Å². The fourth-order valence-electron chi connectivity index (χ4n) is 2.53. The molecule has 0 atom stereocenters. The predicted octanol–water partition coefficient (Wildman–Crippen LogP) is 3.74. The molecule has 24 heavy (non-hydrogen) atoms. The Bertz CT molecular complexity index is 764. The summed E-state index contributed by atoms with van der Waals surface area (Å²) in [5, 5.41) is 7.88. The van der Waals surface area contributed by atoms with Crippen LogP contribution < -0.4 is 4.74 Å². The van der Waals surface area contributed by atoms with Crippen LogP contribution in [0.1, 0.15) is 29.8 Å². The van der Waals surface area contributed by atoms with E-state index in [-0.39, 0.29) is 16.9 Å². The van der Waals surface area contributed by atoms with Crippen LogP contribution in [0.15, 0.2) is 18.2 Å². The van der Waals surface area contributed by atoms with Crippen LogP contribution in [0.25, 0.3) is 11.1 Å². The summed E-state index contributed by atoms with van der Waals surface area (Å²) in [6.45, 7) is 6.61. The second-order valence-electron chi connectivity index (χ2n) is 5.17. The minimum Gasteiger partial charge on any atom is -0.479 e. The molecule has 5 nitrogen and oxygen atoms in total. The Morgan fingerprint density at radius 1 is 1.29 bits per heavy atom. The van der Waals surface area contributed by atoms with Gasteiger partial charge < -0.3 is 9.64 Å². The lowest BCUT2D eigenvalue weighted by molar-refractivity contribution is 0.0773. The van der Waals surface area contributed by atoms with E-state index in [0.29, 0.717) is 35.3 Å². The van der Waals surface area contributed by atoms with Gasteiger partial charge in [0.25, 0.3) is 5.91 Å². The average Bonchev–Trinajstić information content (AvgIpc) is 2.58. The number of aromatic nitrogens is 2. The summed E-state index contributed by atoms with van der Waals surface area (Å²) >= 11 is 6.06. The fourth-order valence-corrected chi connectivity index (χ4v) is 2.66. The summed E-state index contributed by atoms with van der Waals surface area (Å²) in [6, 6.07) is 4.02. The molecule has 1 aromatic carbocycles. The molecule has 0 aliphatic rings. The summed E-state index contributed by atoms with van der Waals surface area (Å²) in [5.41, 5.74) is 1.79. The Balaban J connectivity index is 2.74. The number of benzene rings is 1. The van der Waals surface area contributed by atoms with Gasteiger partial charge in [0.2, 0.25) is 5.88 Å². The smallest absolute Gasteiger partial charge is 0.254 e. The first kappa shape index (κ1) is 18.1. The second kappa shape index (κ2) is 7.57. The molecule has 0 aliphatic heterocycles. The van der Waals surface area contributed by atoms with Crippen molar-refractivity contribution in [3.05, 3.63) is 40.3 Å². The third-order valence-corrected chi connectivity index (χ3v) is 4.21. The highest BCUT2D eigenvalue weighted by atomic mass is 35.5. The molecule has 1 aromatic heterocycles. The van der Waals surface area contributed by atoms with Gasteiger partial charge in [0.1, 0.15) is 5.82 Å². The van der Waals surface area contributed by atoms with Crippen LogP contribution in [0.5, 0.6) is 5.88 Å². The fraction of sp³-hybridized carbons (Fsp3) is 0.353. The molecule has 0 unspecified atom stereocenters. The molecule has 2 rings (SSSR count). The number of methoxy groups -OCH3 is 1. The molecule has 0 bridgehead atoms. The maximum absolute atomic E-state index is 13.9. The molecule has 0 fully saturated rings. The van der Waals surface area contributed by atoms with Crippen molar-refractivity contribution in [1.29, 1.82) is 0 Å². The van der Waals surface area contributed by atoms with Crippen molar-refractivity contribution in [1.82, 2.24) is 15.1 Å². The largest absolute Gasteiger partial charge is 0.479 e. The number of amides is 1. The molecule has 0 radical (unpaired) electrons. The highest BCUT2D eigenvalue weighted by Gasteiger charge is 2.23. The number of hydrogen-bond acceptors (Lipinski definition) is 4. The number of nitrogens with zero attached hydrogens (tertiary/aromatic N) is 3. The third-order valence-electron chi connectivity index (χ3n) is 3.85. The lowest BCUT2D eigenvalue weighted by Gasteiger charge is -2.21. The number of rotatable bonds is 5. The van der Waals surface area contributed by atoms with Gasteiger partial charge in [0.05, 0.1) is 12.7 Å². The maximum Gasteiger partial charge on any atom is 0.254 e. The average molecular weight is 352 g/mol. The molecule has 1 heterocycles. The Morgan fingerprint density at radius 2 is 1.96 bits per heavy atom. The second-order valence-corrected chi connectivity index (χ2v) is 5.53. The number of hydrogen-bond donors (Lipinski definition) is 0. The van der Waals surface area contributed by atoms with E-state index in [2.05, 4.69) is 10.2 Å². The van der Waals surface area contributed by atoms with Gasteiger partial charge in [-0.1, -0.05) is 11.6 Å². The Labute approximate surface area is 145 Å². The first-order valence-corrected chi connectivity index (χ1v) is 7.98. The van der Waals surface area contributed by atoms with Gasteiger partial charge >= 0.3 is 0 Å². The summed E-state index contributed by atoms with van der Waals surface area (Å²) in [4.78, 5) is 14.5. The van der Waals surface area contributed by atoms with Gasteiger partial charge in [-0.15, -0.1) is 10.2 Å². The Kier molecular flexibility index (Phi) is 5.72. The SMILES string of the molecule is CCN(CC)C(=O)c1ccc(F)cc1-c1c(OC)nnc(Cl)c1C. The van der Waals surface area contributed by atoms with Crippen LogP contribution in [0.4, 0.5) is 4.39 Å². The molecule has 0 N–H and O–H groups in total. The zero-order valence-corrected chi connectivity index (χ0v) is 14.8. The lowest BCUT2D eigenvalue weighted by atomic mass is 9.96. The van der Waals surface area contributed by atoms with E-state index in [9.17, 15) is 9.18 Å². The molecule has 0 saturated carbocycles. The topological polar surface area (TPSA) is 55.3 Å². The molecule has 1 amide bonds. The van der Waals surface area contributed by atoms with Crippen LogP contribution >= 0.6 is 11.6 Å². The summed E-state index contributed by atoms with van der Waals surface area (Å²) in [7, 11) is 1.44. The highest BCUT2D eigenvalue weighted by Crippen LogP contribution is 2.36. The number of carbonyl (C=O) groups is 1. The monoisotopic (exact) mass is 351 g/mol. The lowest BCUT2D eigenvalue weighted by Crippen LogP contribution is -2.31. The van der Waals surface area contributed by atoms with E-state index >= 15 is 0 Å². The Morgan fingerprint density at radius 3 is 2.54 bits per heavy atom. The molecular formula is C17H19ClFN3O2. The summed E-state index contributed by atoms with van der Waals surface area (Å²) in [6.07, 6.45) is 0. The Hall–Kier alpha value is -2.21. The van der Waals surface area contributed by atoms with E-state index in [4.69, 9.17) is 16.3 Å². The van der Waals surface area contributed by atoms with Crippen molar-refractivity contribution in [3.63, 3.8) is 0 Å². The van der Waals surface area contributed by atoms with Crippen LogP contribution in [-0.4, -0.2) is 41.2 Å². The van der Waals surface area contributed by atoms with Crippen LogP contribution in [0, 0.1) is 12.7 Å². The normalized spacial score (nSPS) is 10.6. The van der Waals surface area contributed by atoms with E-state index in [1.165, 1.54) is 25.3 Å². The first-order chi connectivity index (χ1) is 11.4. The zero-order valence-electron chi connectivity index (χ0n) is 14.1. The zero-order chi connectivity index (χ0) is 17.9. The van der Waals surface area contributed by atoms with E-state index < -0.39 is 5.82 Å². The third kappa shape index (κ3) is 3.33. The number of carbonyl (C=O) groups excluding carboxylic acids is 1. The van der Waals surface area contributed by atoms with Gasteiger partial charge in [-0.3, -0.25) is 4.79 Å².